The molecule has 0 saturated carbocycles. The minimum absolute atomic E-state index is 0.961. The average molecular weight is 219 g/mol. The van der Waals surface area contributed by atoms with Crippen LogP contribution in [0.1, 0.15) is 5.56 Å². The predicted octanol–water partition coefficient (Wildman–Crippen LogP) is 4.63. The zero-order chi connectivity index (χ0) is 11.8. The lowest BCUT2D eigenvalue weighted by atomic mass is 9.97. The number of aryl methyl sites for hydroxylation is 1. The first-order chi connectivity index (χ1) is 8.31. The van der Waals surface area contributed by atoms with Gasteiger partial charge in [0.25, 0.3) is 0 Å². The molecule has 0 aliphatic heterocycles. The third-order valence-corrected chi connectivity index (χ3v) is 3.24. The Kier molecular flexibility index (Phi) is 2.19. The number of benzene rings is 3. The zero-order valence-electron chi connectivity index (χ0n) is 9.77. The molecule has 17 heavy (non-hydrogen) atoms. The lowest BCUT2D eigenvalue weighted by molar-refractivity contribution is 1.53. The van der Waals surface area contributed by atoms with E-state index in [1.165, 1.54) is 27.1 Å². The first-order valence-corrected chi connectivity index (χ1v) is 5.69. The maximum absolute atomic E-state index is 4.14. The summed E-state index contributed by atoms with van der Waals surface area (Å²) in [5.41, 5.74) is 2.24. The largest absolute Gasteiger partial charge is 0.264 e. The number of nitrogens with zero attached hydrogens (tertiary/aromatic N) is 1. The maximum atomic E-state index is 4.14. The van der Waals surface area contributed by atoms with Gasteiger partial charge in [-0.1, -0.05) is 42.5 Å². The fraction of sp³-hybridized carbons (Fsp3) is 0.0625. The first-order valence-electron chi connectivity index (χ1n) is 5.69. The number of hydrogen-bond donors (Lipinski definition) is 0. The molecule has 0 radical (unpaired) electrons. The third kappa shape index (κ3) is 1.43. The summed E-state index contributed by atoms with van der Waals surface area (Å²) >= 11 is 0. The van der Waals surface area contributed by atoms with Gasteiger partial charge in [-0.2, -0.15) is 0 Å². The summed E-state index contributed by atoms with van der Waals surface area (Å²) in [4.78, 5) is 4.14. The molecule has 0 spiro atoms. The fourth-order valence-electron chi connectivity index (χ4n) is 2.45. The number of hydrogen-bond acceptors (Lipinski definition) is 1. The van der Waals surface area contributed by atoms with Crippen molar-refractivity contribution in [2.75, 3.05) is 0 Å². The van der Waals surface area contributed by atoms with Gasteiger partial charge in [-0.25, -0.2) is 0 Å². The minimum Gasteiger partial charge on any atom is -0.264 e. The molecule has 0 unspecified atom stereocenters. The van der Waals surface area contributed by atoms with E-state index in [9.17, 15) is 0 Å². The highest BCUT2D eigenvalue weighted by Gasteiger charge is 2.06. The van der Waals surface area contributed by atoms with Crippen LogP contribution in [0, 0.1) is 6.92 Å². The Bertz CT molecular complexity index is 726. The second-order valence-corrected chi connectivity index (χ2v) is 4.27. The number of aliphatic imine (C=N–C) groups is 1. The molecule has 1 heteroatoms. The molecule has 1 nitrogen and oxygen atoms in total. The highest BCUT2D eigenvalue weighted by atomic mass is 14.7. The summed E-state index contributed by atoms with van der Waals surface area (Å²) in [5, 5.41) is 4.97. The van der Waals surface area contributed by atoms with Crippen LogP contribution in [0.5, 0.6) is 0 Å². The van der Waals surface area contributed by atoms with Gasteiger partial charge in [0.15, 0.2) is 0 Å². The molecular formula is C16H13N. The van der Waals surface area contributed by atoms with Crippen LogP contribution in [0.4, 0.5) is 5.69 Å². The van der Waals surface area contributed by atoms with Gasteiger partial charge >= 0.3 is 0 Å². The van der Waals surface area contributed by atoms with E-state index in [2.05, 4.69) is 55.0 Å². The molecular weight excluding hydrogens is 206 g/mol. The molecule has 0 fully saturated rings. The zero-order valence-corrected chi connectivity index (χ0v) is 9.77. The molecule has 0 aliphatic carbocycles. The van der Waals surface area contributed by atoms with Crippen LogP contribution in [-0.2, 0) is 0 Å². The molecule has 0 heterocycles. The van der Waals surface area contributed by atoms with Crippen molar-refractivity contribution in [1.82, 2.24) is 0 Å². The highest BCUT2D eigenvalue weighted by Crippen LogP contribution is 2.34. The Balaban J connectivity index is 2.66. The van der Waals surface area contributed by atoms with Crippen molar-refractivity contribution in [3.8, 4) is 0 Å². The summed E-state index contributed by atoms with van der Waals surface area (Å²) in [6.45, 7) is 5.81. The SMILES string of the molecule is C=Nc1cccc2ccc3cccc(C)c3c12. The monoisotopic (exact) mass is 219 g/mol. The normalized spacial score (nSPS) is 10.9. The van der Waals surface area contributed by atoms with Crippen LogP contribution in [0.15, 0.2) is 53.5 Å². The summed E-state index contributed by atoms with van der Waals surface area (Å²) < 4.78 is 0. The fourth-order valence-corrected chi connectivity index (χ4v) is 2.45. The van der Waals surface area contributed by atoms with Crippen LogP contribution in [-0.4, -0.2) is 6.72 Å². The molecule has 3 aromatic carbocycles. The van der Waals surface area contributed by atoms with Gasteiger partial charge in [0.05, 0.1) is 5.69 Å². The van der Waals surface area contributed by atoms with Crippen LogP contribution in [0.2, 0.25) is 0 Å². The van der Waals surface area contributed by atoms with Gasteiger partial charge in [0.1, 0.15) is 0 Å². The van der Waals surface area contributed by atoms with Crippen molar-refractivity contribution in [3.63, 3.8) is 0 Å². The molecule has 82 valence electrons. The Labute approximate surface area is 100 Å². The van der Waals surface area contributed by atoms with Gasteiger partial charge in [0, 0.05) is 5.39 Å². The van der Waals surface area contributed by atoms with Crippen LogP contribution >= 0.6 is 0 Å². The van der Waals surface area contributed by atoms with E-state index in [-0.39, 0.29) is 0 Å². The quantitative estimate of drug-likeness (QED) is 0.418. The van der Waals surface area contributed by atoms with Crippen LogP contribution < -0.4 is 0 Å². The molecule has 0 aromatic heterocycles. The highest BCUT2D eigenvalue weighted by molar-refractivity contribution is 6.14. The van der Waals surface area contributed by atoms with Crippen molar-refractivity contribution < 1.29 is 0 Å². The molecule has 0 aliphatic rings. The van der Waals surface area contributed by atoms with E-state index in [1.807, 2.05) is 12.1 Å². The van der Waals surface area contributed by atoms with E-state index < -0.39 is 0 Å². The predicted molar refractivity (Wildman–Crippen MR) is 75.4 cm³/mol. The Morgan fingerprint density at radius 1 is 0.824 bits per heavy atom. The molecule has 0 saturated heterocycles. The number of rotatable bonds is 1. The van der Waals surface area contributed by atoms with Crippen molar-refractivity contribution in [2.24, 2.45) is 4.99 Å². The minimum atomic E-state index is 0.961. The van der Waals surface area contributed by atoms with Gasteiger partial charge in [-0.15, -0.1) is 0 Å². The molecule has 3 aromatic rings. The third-order valence-electron chi connectivity index (χ3n) is 3.24. The molecule has 3 rings (SSSR count). The lowest BCUT2D eigenvalue weighted by Crippen LogP contribution is -1.82. The molecule has 0 N–H and O–H groups in total. The van der Waals surface area contributed by atoms with Crippen molar-refractivity contribution in [3.05, 3.63) is 54.1 Å². The maximum Gasteiger partial charge on any atom is 0.0707 e. The first kappa shape index (κ1) is 10.0. The summed E-state index contributed by atoms with van der Waals surface area (Å²) in [6.07, 6.45) is 0. The van der Waals surface area contributed by atoms with Gasteiger partial charge in [-0.05, 0) is 41.4 Å². The van der Waals surface area contributed by atoms with E-state index in [0.29, 0.717) is 0 Å². The standard InChI is InChI=1S/C16H13N/c1-11-5-3-6-12-9-10-13-7-4-8-14(17-2)16(13)15(11)12/h3-10H,2H2,1H3. The molecule has 0 bridgehead atoms. The van der Waals surface area contributed by atoms with Gasteiger partial charge in [0.2, 0.25) is 0 Å². The van der Waals surface area contributed by atoms with E-state index in [0.717, 1.165) is 5.69 Å². The van der Waals surface area contributed by atoms with Gasteiger partial charge in [-0.3, -0.25) is 4.99 Å². The van der Waals surface area contributed by atoms with Crippen molar-refractivity contribution in [1.29, 1.82) is 0 Å². The lowest BCUT2D eigenvalue weighted by Gasteiger charge is -2.08. The number of fused-ring (bicyclic) bond motifs is 3. The van der Waals surface area contributed by atoms with Crippen molar-refractivity contribution in [2.45, 2.75) is 6.92 Å². The Morgan fingerprint density at radius 3 is 2.18 bits per heavy atom. The Morgan fingerprint density at radius 2 is 1.47 bits per heavy atom. The average Bonchev–Trinajstić information content (AvgIpc) is 2.38. The Hall–Kier alpha value is -2.15. The summed E-state index contributed by atoms with van der Waals surface area (Å²) in [7, 11) is 0. The topological polar surface area (TPSA) is 12.4 Å². The summed E-state index contributed by atoms with van der Waals surface area (Å²) in [5.74, 6) is 0. The molecule has 0 atom stereocenters. The van der Waals surface area contributed by atoms with Crippen molar-refractivity contribution >= 4 is 33.9 Å². The van der Waals surface area contributed by atoms with E-state index in [4.69, 9.17) is 0 Å². The second kappa shape index (κ2) is 3.70. The van der Waals surface area contributed by atoms with Crippen LogP contribution in [0.3, 0.4) is 0 Å². The van der Waals surface area contributed by atoms with E-state index in [1.54, 1.807) is 0 Å². The van der Waals surface area contributed by atoms with E-state index >= 15 is 0 Å². The second-order valence-electron chi connectivity index (χ2n) is 4.27. The van der Waals surface area contributed by atoms with Gasteiger partial charge < -0.3 is 0 Å². The summed E-state index contributed by atoms with van der Waals surface area (Å²) in [6, 6.07) is 16.8. The molecule has 0 amide bonds. The van der Waals surface area contributed by atoms with Crippen LogP contribution in [0.25, 0.3) is 21.5 Å². The smallest absolute Gasteiger partial charge is 0.0707 e.